The van der Waals surface area contributed by atoms with Crippen LogP contribution in [0, 0.1) is 13.8 Å². The van der Waals surface area contributed by atoms with E-state index < -0.39 is 10.0 Å². The van der Waals surface area contributed by atoms with Crippen LogP contribution in [-0.2, 0) is 14.8 Å². The molecule has 2 N–H and O–H groups in total. The van der Waals surface area contributed by atoms with Crippen molar-refractivity contribution in [1.29, 1.82) is 0 Å². The third kappa shape index (κ3) is 5.45. The Morgan fingerprint density at radius 1 is 1.04 bits per heavy atom. The van der Waals surface area contributed by atoms with E-state index in [-0.39, 0.29) is 21.7 Å². The van der Waals surface area contributed by atoms with E-state index >= 15 is 0 Å². The van der Waals surface area contributed by atoms with Crippen LogP contribution in [0.2, 0.25) is 0 Å². The second-order valence-electron chi connectivity index (χ2n) is 5.18. The Bertz CT molecular complexity index is 1050. The number of sulfonamides is 1. The molecule has 3 aromatic rings. The van der Waals surface area contributed by atoms with Gasteiger partial charge in [0.1, 0.15) is 10.0 Å². The molecule has 27 heavy (non-hydrogen) atoms. The molecule has 0 radical (unpaired) electrons. The number of carbonyl (C=O) groups is 1. The Morgan fingerprint density at radius 2 is 1.70 bits per heavy atom. The topological polar surface area (TPSA) is 127 Å². The summed E-state index contributed by atoms with van der Waals surface area (Å²) in [4.78, 5) is 12.1. The predicted octanol–water partition coefficient (Wildman–Crippen LogP) is 2.54. The van der Waals surface area contributed by atoms with E-state index in [0.29, 0.717) is 10.7 Å². The molecular formula is C14H14N6O3S4. The summed E-state index contributed by atoms with van der Waals surface area (Å²) in [5.41, 5.74) is 0.500. The van der Waals surface area contributed by atoms with Crippen LogP contribution < -0.4 is 10.0 Å². The number of aryl methyl sites for hydroxylation is 2. The molecule has 0 unspecified atom stereocenters. The number of amides is 1. The largest absolute Gasteiger partial charge is 0.325 e. The Morgan fingerprint density at radius 3 is 2.30 bits per heavy atom. The Labute approximate surface area is 167 Å². The van der Waals surface area contributed by atoms with Crippen molar-refractivity contribution in [3.8, 4) is 0 Å². The molecule has 1 aromatic carbocycles. The summed E-state index contributed by atoms with van der Waals surface area (Å²) in [6.45, 7) is 3.58. The summed E-state index contributed by atoms with van der Waals surface area (Å²) in [5, 5.41) is 19.7. The maximum atomic E-state index is 12.3. The van der Waals surface area contributed by atoms with Gasteiger partial charge in [0, 0.05) is 5.69 Å². The second kappa shape index (κ2) is 8.29. The number of hydrogen-bond acceptors (Lipinski definition) is 10. The molecule has 0 saturated carbocycles. The van der Waals surface area contributed by atoms with E-state index in [1.165, 1.54) is 47.4 Å². The lowest BCUT2D eigenvalue weighted by Gasteiger charge is -2.07. The van der Waals surface area contributed by atoms with Crippen LogP contribution in [0.5, 0.6) is 0 Å². The SMILES string of the molecule is Cc1nnc(NS(=O)(=O)c2ccc(NC(=O)CSc3nnc(C)s3)cc2)s1. The van der Waals surface area contributed by atoms with Crippen LogP contribution in [0.4, 0.5) is 10.8 Å². The van der Waals surface area contributed by atoms with Crippen LogP contribution in [0.1, 0.15) is 10.0 Å². The summed E-state index contributed by atoms with van der Waals surface area (Å²) in [6, 6.07) is 5.87. The van der Waals surface area contributed by atoms with Gasteiger partial charge in [-0.2, -0.15) is 0 Å². The van der Waals surface area contributed by atoms with E-state index in [1.807, 2.05) is 6.92 Å². The molecule has 0 spiro atoms. The van der Waals surface area contributed by atoms with Gasteiger partial charge >= 0.3 is 0 Å². The molecule has 2 heterocycles. The molecule has 2 aromatic heterocycles. The number of aromatic nitrogens is 4. The first-order valence-electron chi connectivity index (χ1n) is 7.47. The Balaban J connectivity index is 1.58. The smallest absolute Gasteiger partial charge is 0.263 e. The number of hydrogen-bond donors (Lipinski definition) is 2. The van der Waals surface area contributed by atoms with Gasteiger partial charge in [-0.15, -0.1) is 20.4 Å². The van der Waals surface area contributed by atoms with E-state index in [1.54, 1.807) is 6.92 Å². The van der Waals surface area contributed by atoms with E-state index in [0.717, 1.165) is 20.7 Å². The van der Waals surface area contributed by atoms with Crippen LogP contribution >= 0.6 is 34.4 Å². The highest BCUT2D eigenvalue weighted by atomic mass is 32.2. The van der Waals surface area contributed by atoms with Gasteiger partial charge in [-0.05, 0) is 38.1 Å². The second-order valence-corrected chi connectivity index (χ2v) is 10.4. The molecule has 1 amide bonds. The highest BCUT2D eigenvalue weighted by Gasteiger charge is 2.16. The van der Waals surface area contributed by atoms with E-state index in [4.69, 9.17) is 0 Å². The Hall–Kier alpha value is -2.09. The lowest BCUT2D eigenvalue weighted by Crippen LogP contribution is -2.15. The number of nitrogens with one attached hydrogen (secondary N) is 2. The highest BCUT2D eigenvalue weighted by molar-refractivity contribution is 8.01. The molecule has 0 fully saturated rings. The molecule has 0 aliphatic heterocycles. The minimum Gasteiger partial charge on any atom is -0.325 e. The molecule has 0 aliphatic carbocycles. The molecule has 13 heteroatoms. The number of nitrogens with zero attached hydrogens (tertiary/aromatic N) is 4. The highest BCUT2D eigenvalue weighted by Crippen LogP contribution is 2.23. The number of carbonyl (C=O) groups excluding carboxylic acids is 1. The van der Waals surface area contributed by atoms with Crippen molar-refractivity contribution in [2.24, 2.45) is 0 Å². The zero-order valence-electron chi connectivity index (χ0n) is 14.2. The van der Waals surface area contributed by atoms with Crippen molar-refractivity contribution in [2.75, 3.05) is 15.8 Å². The maximum absolute atomic E-state index is 12.3. The summed E-state index contributed by atoms with van der Waals surface area (Å²) in [5.74, 6) is -0.0296. The fourth-order valence-corrected chi connectivity index (χ4v) is 5.33. The Kier molecular flexibility index (Phi) is 6.04. The van der Waals surface area contributed by atoms with Crippen LogP contribution in [0.3, 0.4) is 0 Å². The predicted molar refractivity (Wildman–Crippen MR) is 106 cm³/mol. The zero-order chi connectivity index (χ0) is 19.4. The first kappa shape index (κ1) is 19.7. The minimum atomic E-state index is -3.76. The van der Waals surface area contributed by atoms with Gasteiger partial charge in [0.25, 0.3) is 10.0 Å². The van der Waals surface area contributed by atoms with Crippen LogP contribution in [0.15, 0.2) is 33.5 Å². The third-order valence-corrected chi connectivity index (χ3v) is 7.24. The quantitative estimate of drug-likeness (QED) is 0.535. The average molecular weight is 443 g/mol. The third-order valence-electron chi connectivity index (χ3n) is 3.03. The van der Waals surface area contributed by atoms with Gasteiger partial charge in [0.2, 0.25) is 11.0 Å². The van der Waals surface area contributed by atoms with Crippen molar-refractivity contribution in [3.63, 3.8) is 0 Å². The summed E-state index contributed by atoms with van der Waals surface area (Å²) in [7, 11) is -3.76. The first-order chi connectivity index (χ1) is 12.8. The number of rotatable bonds is 7. The maximum Gasteiger partial charge on any atom is 0.263 e. The molecular weight excluding hydrogens is 428 g/mol. The number of anilines is 2. The fourth-order valence-electron chi connectivity index (χ4n) is 1.89. The summed E-state index contributed by atoms with van der Waals surface area (Å²) < 4.78 is 27.8. The van der Waals surface area contributed by atoms with Crippen molar-refractivity contribution in [3.05, 3.63) is 34.3 Å². The summed E-state index contributed by atoms with van der Waals surface area (Å²) in [6.07, 6.45) is 0. The monoisotopic (exact) mass is 442 g/mol. The van der Waals surface area contributed by atoms with Gasteiger partial charge in [-0.25, -0.2) is 8.42 Å². The molecule has 0 bridgehead atoms. The molecule has 142 valence electrons. The van der Waals surface area contributed by atoms with E-state index in [2.05, 4.69) is 30.4 Å². The molecule has 9 nitrogen and oxygen atoms in total. The lowest BCUT2D eigenvalue weighted by atomic mass is 10.3. The average Bonchev–Trinajstić information content (AvgIpc) is 3.21. The standard InChI is InChI=1S/C14H14N6O3S4/c1-8-16-18-13(25-8)20-27(22,23)11-5-3-10(4-6-11)15-12(21)7-24-14-19-17-9(2)26-14/h3-6H,7H2,1-2H3,(H,15,21)(H,18,20). The molecule has 0 atom stereocenters. The minimum absolute atomic E-state index is 0.0621. The van der Waals surface area contributed by atoms with Crippen LogP contribution in [-0.4, -0.2) is 40.5 Å². The normalized spacial score (nSPS) is 11.3. The molecule has 3 rings (SSSR count). The number of thioether (sulfide) groups is 1. The summed E-state index contributed by atoms with van der Waals surface area (Å²) >= 11 is 3.86. The molecule has 0 aliphatic rings. The van der Waals surface area contributed by atoms with Crippen LogP contribution in [0.25, 0.3) is 0 Å². The van der Waals surface area contributed by atoms with Crippen molar-refractivity contribution in [1.82, 2.24) is 20.4 Å². The van der Waals surface area contributed by atoms with Crippen molar-refractivity contribution in [2.45, 2.75) is 23.1 Å². The van der Waals surface area contributed by atoms with Gasteiger partial charge in [0.15, 0.2) is 4.34 Å². The van der Waals surface area contributed by atoms with Crippen molar-refractivity contribution >= 4 is 61.2 Å². The zero-order valence-corrected chi connectivity index (χ0v) is 17.4. The first-order valence-corrected chi connectivity index (χ1v) is 11.6. The number of benzene rings is 1. The van der Waals surface area contributed by atoms with E-state index in [9.17, 15) is 13.2 Å². The van der Waals surface area contributed by atoms with Gasteiger partial charge < -0.3 is 5.32 Å². The van der Waals surface area contributed by atoms with Crippen molar-refractivity contribution < 1.29 is 13.2 Å². The molecule has 0 saturated heterocycles. The van der Waals surface area contributed by atoms with Gasteiger partial charge in [-0.3, -0.25) is 9.52 Å². The van der Waals surface area contributed by atoms with Gasteiger partial charge in [0.05, 0.1) is 10.6 Å². The fraction of sp³-hybridized carbons (Fsp3) is 0.214. The lowest BCUT2D eigenvalue weighted by molar-refractivity contribution is -0.113. The van der Waals surface area contributed by atoms with Gasteiger partial charge in [-0.1, -0.05) is 34.4 Å².